The average Bonchev–Trinajstić information content (AvgIpc) is 2.46. The normalized spacial score (nSPS) is 11.8. The van der Waals surface area contributed by atoms with Crippen molar-refractivity contribution in [3.63, 3.8) is 0 Å². The number of benzene rings is 2. The maximum Gasteiger partial charge on any atom is 0.280 e. The van der Waals surface area contributed by atoms with Crippen LogP contribution < -0.4 is 0 Å². The number of rotatable bonds is 4. The zero-order valence-electron chi connectivity index (χ0n) is 9.82. The Kier molecular flexibility index (Phi) is 3.92. The Balaban J connectivity index is 2.38. The first kappa shape index (κ1) is 13.2. The molecule has 0 heterocycles. The molecule has 0 amide bonds. The standard InChI is InChI=1S/C14H10ClNO3/c15-13(10-6-2-1-3-7-10)14(17)11-8-4-5-9-12(11)16(18)19/h1-9,13H. The van der Waals surface area contributed by atoms with Crippen LogP contribution in [0.25, 0.3) is 0 Å². The van der Waals surface area contributed by atoms with E-state index in [4.69, 9.17) is 11.6 Å². The van der Waals surface area contributed by atoms with Crippen molar-refractivity contribution in [1.29, 1.82) is 0 Å². The van der Waals surface area contributed by atoms with Gasteiger partial charge in [0.1, 0.15) is 5.38 Å². The van der Waals surface area contributed by atoms with Crippen molar-refractivity contribution in [1.82, 2.24) is 0 Å². The lowest BCUT2D eigenvalue weighted by Crippen LogP contribution is -2.10. The van der Waals surface area contributed by atoms with E-state index in [1.165, 1.54) is 18.2 Å². The molecule has 0 spiro atoms. The number of carbonyl (C=O) groups excluding carboxylic acids is 1. The third kappa shape index (κ3) is 2.80. The smallest absolute Gasteiger partial charge is 0.280 e. The quantitative estimate of drug-likeness (QED) is 0.369. The number of para-hydroxylation sites is 1. The van der Waals surface area contributed by atoms with Gasteiger partial charge in [-0.05, 0) is 11.6 Å². The molecule has 5 heteroatoms. The van der Waals surface area contributed by atoms with Crippen LogP contribution in [-0.2, 0) is 0 Å². The highest BCUT2D eigenvalue weighted by atomic mass is 35.5. The topological polar surface area (TPSA) is 60.2 Å². The summed E-state index contributed by atoms with van der Waals surface area (Å²) in [5, 5.41) is 9.97. The minimum absolute atomic E-state index is 0.0244. The first-order valence-corrected chi connectivity index (χ1v) is 6.01. The summed E-state index contributed by atoms with van der Waals surface area (Å²) >= 11 is 6.10. The third-order valence-corrected chi connectivity index (χ3v) is 3.14. The van der Waals surface area contributed by atoms with E-state index in [0.29, 0.717) is 5.56 Å². The highest BCUT2D eigenvalue weighted by molar-refractivity contribution is 6.34. The number of alkyl halides is 1. The fourth-order valence-electron chi connectivity index (χ4n) is 1.75. The summed E-state index contributed by atoms with van der Waals surface area (Å²) in [5.41, 5.74) is 0.415. The van der Waals surface area contributed by atoms with Crippen LogP contribution in [0.3, 0.4) is 0 Å². The van der Waals surface area contributed by atoms with E-state index in [2.05, 4.69) is 0 Å². The summed E-state index contributed by atoms with van der Waals surface area (Å²) < 4.78 is 0. The number of halogens is 1. The van der Waals surface area contributed by atoms with Crippen LogP contribution in [0.4, 0.5) is 5.69 Å². The molecule has 0 saturated carbocycles. The van der Waals surface area contributed by atoms with Crippen LogP contribution in [0, 0.1) is 10.1 Å². The molecule has 0 radical (unpaired) electrons. The van der Waals surface area contributed by atoms with E-state index in [-0.39, 0.29) is 11.3 Å². The molecule has 2 aromatic carbocycles. The number of carbonyl (C=O) groups is 1. The van der Waals surface area contributed by atoms with Gasteiger partial charge in [0.25, 0.3) is 5.69 Å². The van der Waals surface area contributed by atoms with Gasteiger partial charge in [0.15, 0.2) is 5.78 Å². The molecule has 1 atom stereocenters. The molecule has 0 aliphatic carbocycles. The SMILES string of the molecule is O=C(c1ccccc1[N+](=O)[O-])C(Cl)c1ccccc1. The van der Waals surface area contributed by atoms with Gasteiger partial charge in [-0.25, -0.2) is 0 Å². The summed E-state index contributed by atoms with van der Waals surface area (Å²) in [5.74, 6) is -0.472. The van der Waals surface area contributed by atoms with Crippen molar-refractivity contribution < 1.29 is 9.72 Å². The zero-order chi connectivity index (χ0) is 13.8. The average molecular weight is 276 g/mol. The van der Waals surface area contributed by atoms with Gasteiger partial charge in [0.05, 0.1) is 10.5 Å². The number of ketones is 1. The lowest BCUT2D eigenvalue weighted by Gasteiger charge is -2.09. The highest BCUT2D eigenvalue weighted by Crippen LogP contribution is 2.28. The predicted octanol–water partition coefficient (Wildman–Crippen LogP) is 3.76. The van der Waals surface area contributed by atoms with Gasteiger partial charge in [0, 0.05) is 6.07 Å². The Hall–Kier alpha value is -2.20. The lowest BCUT2D eigenvalue weighted by molar-refractivity contribution is -0.385. The number of Topliss-reactive ketones (excluding diaryl/α,β-unsaturated/α-hetero) is 1. The van der Waals surface area contributed by atoms with Crippen LogP contribution in [0.5, 0.6) is 0 Å². The molecular formula is C14H10ClNO3. The highest BCUT2D eigenvalue weighted by Gasteiger charge is 2.25. The molecule has 0 saturated heterocycles. The van der Waals surface area contributed by atoms with Gasteiger partial charge in [0.2, 0.25) is 0 Å². The summed E-state index contributed by atoms with van der Waals surface area (Å²) in [6, 6.07) is 14.6. The Labute approximate surface area is 114 Å². The number of nitro groups is 1. The maximum atomic E-state index is 12.2. The monoisotopic (exact) mass is 275 g/mol. The molecule has 2 rings (SSSR count). The molecule has 96 valence electrons. The van der Waals surface area contributed by atoms with Gasteiger partial charge >= 0.3 is 0 Å². The Bertz CT molecular complexity index is 613. The molecule has 2 aromatic rings. The summed E-state index contributed by atoms with van der Waals surface area (Å²) in [7, 11) is 0. The molecule has 0 fully saturated rings. The number of nitrogens with zero attached hydrogens (tertiary/aromatic N) is 1. The summed E-state index contributed by atoms with van der Waals surface area (Å²) in [6.45, 7) is 0. The van der Waals surface area contributed by atoms with E-state index < -0.39 is 16.1 Å². The van der Waals surface area contributed by atoms with Crippen molar-refractivity contribution in [3.05, 3.63) is 75.8 Å². The van der Waals surface area contributed by atoms with Crippen LogP contribution in [0.2, 0.25) is 0 Å². The fourth-order valence-corrected chi connectivity index (χ4v) is 2.01. The number of hydrogen-bond acceptors (Lipinski definition) is 3. The second-order valence-electron chi connectivity index (χ2n) is 3.91. The molecule has 0 bridgehead atoms. The second-order valence-corrected chi connectivity index (χ2v) is 4.35. The molecule has 0 aromatic heterocycles. The van der Waals surface area contributed by atoms with Crippen LogP contribution >= 0.6 is 11.6 Å². The van der Waals surface area contributed by atoms with Crippen LogP contribution in [-0.4, -0.2) is 10.7 Å². The minimum atomic E-state index is -0.928. The van der Waals surface area contributed by atoms with Crippen molar-refractivity contribution in [2.24, 2.45) is 0 Å². The maximum absolute atomic E-state index is 12.2. The molecule has 19 heavy (non-hydrogen) atoms. The van der Waals surface area contributed by atoms with E-state index >= 15 is 0 Å². The number of nitro benzene ring substituents is 1. The molecular weight excluding hydrogens is 266 g/mol. The molecule has 4 nitrogen and oxygen atoms in total. The van der Waals surface area contributed by atoms with Gasteiger partial charge in [-0.15, -0.1) is 11.6 Å². The van der Waals surface area contributed by atoms with Crippen molar-refractivity contribution in [2.45, 2.75) is 5.38 Å². The Morgan fingerprint density at radius 3 is 2.26 bits per heavy atom. The summed E-state index contributed by atoms with van der Waals surface area (Å²) in [4.78, 5) is 22.5. The Morgan fingerprint density at radius 2 is 1.63 bits per heavy atom. The van der Waals surface area contributed by atoms with Crippen molar-refractivity contribution >= 4 is 23.1 Å². The largest absolute Gasteiger partial charge is 0.292 e. The van der Waals surface area contributed by atoms with Gasteiger partial charge in [-0.1, -0.05) is 42.5 Å². The fraction of sp³-hybridized carbons (Fsp3) is 0.0714. The second kappa shape index (κ2) is 5.63. The zero-order valence-corrected chi connectivity index (χ0v) is 10.6. The van der Waals surface area contributed by atoms with Gasteiger partial charge in [-0.2, -0.15) is 0 Å². The van der Waals surface area contributed by atoms with Crippen molar-refractivity contribution in [3.8, 4) is 0 Å². The van der Waals surface area contributed by atoms with Crippen LogP contribution in [0.15, 0.2) is 54.6 Å². The van der Waals surface area contributed by atoms with E-state index in [1.807, 2.05) is 6.07 Å². The minimum Gasteiger partial charge on any atom is -0.292 e. The van der Waals surface area contributed by atoms with Crippen LogP contribution in [0.1, 0.15) is 21.3 Å². The van der Waals surface area contributed by atoms with E-state index in [1.54, 1.807) is 30.3 Å². The molecule has 0 aliphatic heterocycles. The molecule has 1 unspecified atom stereocenters. The van der Waals surface area contributed by atoms with E-state index in [9.17, 15) is 14.9 Å². The first-order chi connectivity index (χ1) is 9.11. The lowest BCUT2D eigenvalue weighted by atomic mass is 10.0. The third-order valence-electron chi connectivity index (χ3n) is 2.69. The predicted molar refractivity (Wildman–Crippen MR) is 72.5 cm³/mol. The van der Waals surface area contributed by atoms with Gasteiger partial charge in [-0.3, -0.25) is 14.9 Å². The van der Waals surface area contributed by atoms with E-state index in [0.717, 1.165) is 0 Å². The summed E-state index contributed by atoms with van der Waals surface area (Å²) in [6.07, 6.45) is 0. The first-order valence-electron chi connectivity index (χ1n) is 5.58. The van der Waals surface area contributed by atoms with Crippen molar-refractivity contribution in [2.75, 3.05) is 0 Å². The number of hydrogen-bond donors (Lipinski definition) is 0. The molecule has 0 N–H and O–H groups in total. The Morgan fingerprint density at radius 1 is 1.05 bits per heavy atom. The molecule has 0 aliphatic rings. The van der Waals surface area contributed by atoms with Gasteiger partial charge < -0.3 is 0 Å².